The summed E-state index contributed by atoms with van der Waals surface area (Å²) in [6, 6.07) is 18.5. The molecule has 0 radical (unpaired) electrons. The van der Waals surface area contributed by atoms with E-state index in [1.807, 2.05) is 19.1 Å². The molecule has 0 unspecified atom stereocenters. The predicted octanol–water partition coefficient (Wildman–Crippen LogP) is 4.71. The molecular formula is C24H21ClFN3O3. The summed E-state index contributed by atoms with van der Waals surface area (Å²) in [4.78, 5) is 24.1. The molecule has 2 N–H and O–H groups in total. The normalized spacial score (nSPS) is 10.7. The molecular weight excluding hydrogens is 433 g/mol. The van der Waals surface area contributed by atoms with Crippen molar-refractivity contribution in [2.75, 3.05) is 5.32 Å². The van der Waals surface area contributed by atoms with Gasteiger partial charge in [0.05, 0.1) is 11.2 Å². The summed E-state index contributed by atoms with van der Waals surface area (Å²) < 4.78 is 19.5. The lowest BCUT2D eigenvalue weighted by atomic mass is 10.1. The van der Waals surface area contributed by atoms with Crippen LogP contribution in [0.15, 0.2) is 71.8 Å². The minimum atomic E-state index is -0.895. The Bertz CT molecular complexity index is 1130. The van der Waals surface area contributed by atoms with Gasteiger partial charge in [-0.1, -0.05) is 54.9 Å². The number of amides is 2. The van der Waals surface area contributed by atoms with Crippen molar-refractivity contribution in [1.82, 2.24) is 5.43 Å². The van der Waals surface area contributed by atoms with Crippen molar-refractivity contribution in [1.29, 1.82) is 0 Å². The Morgan fingerprint density at radius 2 is 1.84 bits per heavy atom. The molecule has 3 aromatic rings. The fraction of sp³-hybridized carbons (Fsp3) is 0.125. The van der Waals surface area contributed by atoms with Crippen molar-refractivity contribution in [2.45, 2.75) is 20.0 Å². The van der Waals surface area contributed by atoms with E-state index in [1.165, 1.54) is 18.3 Å². The number of hydrazone groups is 1. The van der Waals surface area contributed by atoms with Gasteiger partial charge in [0.2, 0.25) is 0 Å². The molecule has 0 fully saturated rings. The van der Waals surface area contributed by atoms with Crippen LogP contribution in [0.25, 0.3) is 0 Å². The molecule has 32 heavy (non-hydrogen) atoms. The zero-order chi connectivity index (χ0) is 22.9. The van der Waals surface area contributed by atoms with Crippen LogP contribution in [0.2, 0.25) is 5.02 Å². The fourth-order valence-electron chi connectivity index (χ4n) is 2.86. The van der Waals surface area contributed by atoms with E-state index in [9.17, 15) is 14.0 Å². The average Bonchev–Trinajstić information content (AvgIpc) is 2.79. The number of hydrogen-bond donors (Lipinski definition) is 2. The molecule has 0 saturated carbocycles. The van der Waals surface area contributed by atoms with E-state index < -0.39 is 17.6 Å². The van der Waals surface area contributed by atoms with Gasteiger partial charge in [0.25, 0.3) is 0 Å². The number of aryl methyl sites for hydroxylation is 1. The van der Waals surface area contributed by atoms with Crippen molar-refractivity contribution in [2.24, 2.45) is 5.10 Å². The highest BCUT2D eigenvalue weighted by molar-refractivity contribution is 6.39. The molecule has 0 spiro atoms. The maximum absolute atomic E-state index is 13.9. The van der Waals surface area contributed by atoms with E-state index in [4.69, 9.17) is 16.3 Å². The second kappa shape index (κ2) is 11.1. The van der Waals surface area contributed by atoms with Crippen LogP contribution in [0.4, 0.5) is 10.1 Å². The molecule has 0 saturated heterocycles. The van der Waals surface area contributed by atoms with Crippen LogP contribution < -0.4 is 15.5 Å². The first-order valence-electron chi connectivity index (χ1n) is 9.86. The number of carbonyl (C=O) groups is 2. The van der Waals surface area contributed by atoms with Gasteiger partial charge < -0.3 is 10.1 Å². The van der Waals surface area contributed by atoms with E-state index >= 15 is 0 Å². The Hall–Kier alpha value is -3.71. The van der Waals surface area contributed by atoms with E-state index in [0.717, 1.165) is 12.0 Å². The van der Waals surface area contributed by atoms with Gasteiger partial charge >= 0.3 is 11.8 Å². The largest absolute Gasteiger partial charge is 0.489 e. The van der Waals surface area contributed by atoms with E-state index in [2.05, 4.69) is 15.8 Å². The second-order valence-electron chi connectivity index (χ2n) is 6.73. The van der Waals surface area contributed by atoms with Crippen LogP contribution in [0.5, 0.6) is 5.75 Å². The van der Waals surface area contributed by atoms with Crippen LogP contribution in [0.1, 0.15) is 23.6 Å². The molecule has 0 aromatic heterocycles. The Kier molecular flexibility index (Phi) is 7.94. The number of ether oxygens (including phenoxy) is 1. The molecule has 0 atom stereocenters. The molecule has 3 aromatic carbocycles. The third-order valence-corrected chi connectivity index (χ3v) is 4.89. The molecule has 0 aliphatic heterocycles. The molecule has 0 heterocycles. The minimum Gasteiger partial charge on any atom is -0.489 e. The molecule has 0 aliphatic rings. The number of rotatable bonds is 7. The van der Waals surface area contributed by atoms with Crippen LogP contribution in [0.3, 0.4) is 0 Å². The number of benzene rings is 3. The smallest absolute Gasteiger partial charge is 0.329 e. The van der Waals surface area contributed by atoms with Crippen LogP contribution in [-0.4, -0.2) is 18.0 Å². The fourth-order valence-corrected chi connectivity index (χ4v) is 3.07. The first kappa shape index (κ1) is 23.0. The zero-order valence-electron chi connectivity index (χ0n) is 17.3. The quantitative estimate of drug-likeness (QED) is 0.309. The maximum Gasteiger partial charge on any atom is 0.329 e. The number of nitrogens with zero attached hydrogens (tertiary/aromatic N) is 1. The highest BCUT2D eigenvalue weighted by Gasteiger charge is 2.14. The van der Waals surface area contributed by atoms with Crippen molar-refractivity contribution >= 4 is 35.3 Å². The van der Waals surface area contributed by atoms with Gasteiger partial charge in [-0.2, -0.15) is 5.10 Å². The Morgan fingerprint density at radius 3 is 2.62 bits per heavy atom. The Balaban J connectivity index is 1.56. The van der Waals surface area contributed by atoms with Crippen molar-refractivity contribution < 1.29 is 18.7 Å². The van der Waals surface area contributed by atoms with E-state index in [-0.39, 0.29) is 17.2 Å². The number of anilines is 1. The summed E-state index contributed by atoms with van der Waals surface area (Å²) in [7, 11) is 0. The maximum atomic E-state index is 13.9. The first-order chi connectivity index (χ1) is 15.5. The number of nitrogens with one attached hydrogen (secondary N) is 2. The topological polar surface area (TPSA) is 79.8 Å². The SMILES string of the molecule is CCc1ccccc1NC(=O)C(=O)N/N=C/c1cccc(OCc2c(F)cccc2Cl)c1. The van der Waals surface area contributed by atoms with Crippen LogP contribution in [-0.2, 0) is 22.6 Å². The molecule has 3 rings (SSSR count). The Morgan fingerprint density at radius 1 is 1.06 bits per heavy atom. The highest BCUT2D eigenvalue weighted by atomic mass is 35.5. The summed E-state index contributed by atoms with van der Waals surface area (Å²) in [5.74, 6) is -1.69. The van der Waals surface area contributed by atoms with Gasteiger partial charge in [-0.25, -0.2) is 9.82 Å². The van der Waals surface area contributed by atoms with Gasteiger partial charge in [-0.05, 0) is 47.9 Å². The molecule has 8 heteroatoms. The second-order valence-corrected chi connectivity index (χ2v) is 7.13. The monoisotopic (exact) mass is 453 g/mol. The third kappa shape index (κ3) is 6.15. The number of para-hydroxylation sites is 1. The summed E-state index contributed by atoms with van der Waals surface area (Å²) >= 11 is 6.00. The number of carbonyl (C=O) groups excluding carboxylic acids is 2. The lowest BCUT2D eigenvalue weighted by Crippen LogP contribution is -2.32. The van der Waals surface area contributed by atoms with Gasteiger partial charge in [-0.15, -0.1) is 0 Å². The summed E-state index contributed by atoms with van der Waals surface area (Å²) in [5.41, 5.74) is 4.57. The molecule has 6 nitrogen and oxygen atoms in total. The van der Waals surface area contributed by atoms with Crippen molar-refractivity contribution in [3.8, 4) is 5.75 Å². The predicted molar refractivity (Wildman–Crippen MR) is 122 cm³/mol. The van der Waals surface area contributed by atoms with E-state index in [0.29, 0.717) is 17.0 Å². The minimum absolute atomic E-state index is 0.0394. The highest BCUT2D eigenvalue weighted by Crippen LogP contribution is 2.22. The first-order valence-corrected chi connectivity index (χ1v) is 10.2. The summed E-state index contributed by atoms with van der Waals surface area (Å²) in [6.07, 6.45) is 2.09. The molecule has 0 bridgehead atoms. The van der Waals surface area contributed by atoms with Crippen molar-refractivity contribution in [3.05, 3.63) is 94.3 Å². The van der Waals surface area contributed by atoms with Gasteiger partial charge in [0, 0.05) is 11.3 Å². The van der Waals surface area contributed by atoms with E-state index in [1.54, 1.807) is 42.5 Å². The summed E-state index contributed by atoms with van der Waals surface area (Å²) in [5, 5.41) is 6.67. The molecule has 164 valence electrons. The lowest BCUT2D eigenvalue weighted by Gasteiger charge is -2.09. The van der Waals surface area contributed by atoms with Gasteiger partial charge in [0.15, 0.2) is 0 Å². The zero-order valence-corrected chi connectivity index (χ0v) is 18.0. The molecule has 0 aliphatic carbocycles. The molecule has 2 amide bonds. The lowest BCUT2D eigenvalue weighted by molar-refractivity contribution is -0.136. The summed E-state index contributed by atoms with van der Waals surface area (Å²) in [6.45, 7) is 1.92. The average molecular weight is 454 g/mol. The van der Waals surface area contributed by atoms with Gasteiger partial charge in [0.1, 0.15) is 18.2 Å². The third-order valence-electron chi connectivity index (χ3n) is 4.54. The number of halogens is 2. The van der Waals surface area contributed by atoms with Crippen LogP contribution >= 0.6 is 11.6 Å². The number of hydrogen-bond acceptors (Lipinski definition) is 4. The van der Waals surface area contributed by atoms with Crippen molar-refractivity contribution in [3.63, 3.8) is 0 Å². The standard InChI is InChI=1S/C24H21ClFN3O3/c1-2-17-8-3-4-12-22(17)28-23(30)24(31)29-27-14-16-7-5-9-18(13-16)32-15-19-20(25)10-6-11-21(19)26/h3-14H,2,15H2,1H3,(H,28,30)(H,29,31)/b27-14+. The van der Waals surface area contributed by atoms with Gasteiger partial charge in [-0.3, -0.25) is 9.59 Å². The Labute approximate surface area is 190 Å². The van der Waals surface area contributed by atoms with Crippen LogP contribution in [0, 0.1) is 5.82 Å².